The van der Waals surface area contributed by atoms with Crippen molar-refractivity contribution in [1.82, 2.24) is 20.4 Å². The van der Waals surface area contributed by atoms with Gasteiger partial charge in [-0.3, -0.25) is 5.10 Å². The highest BCUT2D eigenvalue weighted by atomic mass is 15.2. The maximum atomic E-state index is 4.61. The van der Waals surface area contributed by atoms with E-state index in [2.05, 4.69) is 51.7 Å². The molecule has 0 bridgehead atoms. The number of fused-ring (bicyclic) bond motifs is 1. The Morgan fingerprint density at radius 2 is 2.20 bits per heavy atom. The molecule has 4 nitrogen and oxygen atoms in total. The molecule has 1 aromatic heterocycles. The normalized spacial score (nSPS) is 20.9. The number of aromatic nitrogens is 2. The zero-order valence-corrected chi connectivity index (χ0v) is 11.8. The maximum Gasteiger partial charge on any atom is 0.0963 e. The number of likely N-dealkylation sites (N-methyl/N-ethyl adjacent to an activating group) is 1. The van der Waals surface area contributed by atoms with E-state index in [1.807, 2.05) is 0 Å². The van der Waals surface area contributed by atoms with Gasteiger partial charge in [0.2, 0.25) is 0 Å². The van der Waals surface area contributed by atoms with E-state index < -0.39 is 0 Å². The molecule has 3 heterocycles. The molecule has 0 radical (unpaired) electrons. The number of nitrogens with zero attached hydrogens (tertiary/aromatic N) is 2. The molecule has 4 heteroatoms. The van der Waals surface area contributed by atoms with Gasteiger partial charge in [0.1, 0.15) is 0 Å². The second-order valence-electron chi connectivity index (χ2n) is 5.95. The maximum absolute atomic E-state index is 4.61. The fraction of sp³-hybridized carbons (Fsp3) is 0.438. The number of likely N-dealkylation sites (tertiary alicyclic amines) is 1. The van der Waals surface area contributed by atoms with E-state index in [0.29, 0.717) is 5.92 Å². The lowest BCUT2D eigenvalue weighted by molar-refractivity contribution is 0.190. The molecule has 2 aliphatic heterocycles. The molecule has 2 N–H and O–H groups in total. The summed E-state index contributed by atoms with van der Waals surface area (Å²) < 4.78 is 0. The molecule has 4 rings (SSSR count). The Kier molecular flexibility index (Phi) is 2.86. The average Bonchev–Trinajstić information content (AvgIpc) is 2.89. The smallest absolute Gasteiger partial charge is 0.0963 e. The first-order valence-electron chi connectivity index (χ1n) is 7.38. The van der Waals surface area contributed by atoms with Crippen LogP contribution in [0.4, 0.5) is 0 Å². The van der Waals surface area contributed by atoms with Crippen molar-refractivity contribution in [1.29, 1.82) is 0 Å². The van der Waals surface area contributed by atoms with Gasteiger partial charge in [-0.05, 0) is 31.1 Å². The van der Waals surface area contributed by atoms with Gasteiger partial charge in [0, 0.05) is 30.9 Å². The highest BCUT2D eigenvalue weighted by molar-refractivity contribution is 5.93. The van der Waals surface area contributed by atoms with E-state index in [9.17, 15) is 0 Å². The topological polar surface area (TPSA) is 44.0 Å². The molecule has 1 saturated heterocycles. The Hall–Kier alpha value is -1.65. The predicted octanol–water partition coefficient (Wildman–Crippen LogP) is 1.97. The van der Waals surface area contributed by atoms with Crippen LogP contribution < -0.4 is 5.32 Å². The molecular weight excluding hydrogens is 248 g/mol. The van der Waals surface area contributed by atoms with Gasteiger partial charge in [0.15, 0.2) is 0 Å². The van der Waals surface area contributed by atoms with Gasteiger partial charge in [-0.2, -0.15) is 5.10 Å². The van der Waals surface area contributed by atoms with Crippen LogP contribution in [0.3, 0.4) is 0 Å². The van der Waals surface area contributed by atoms with Crippen LogP contribution >= 0.6 is 0 Å². The van der Waals surface area contributed by atoms with E-state index in [4.69, 9.17) is 0 Å². The van der Waals surface area contributed by atoms with Crippen molar-refractivity contribution >= 4 is 16.5 Å². The molecule has 20 heavy (non-hydrogen) atoms. The minimum absolute atomic E-state index is 0.637. The van der Waals surface area contributed by atoms with Crippen molar-refractivity contribution in [2.24, 2.45) is 0 Å². The first-order chi connectivity index (χ1) is 9.83. The van der Waals surface area contributed by atoms with Gasteiger partial charge in [-0.15, -0.1) is 0 Å². The summed E-state index contributed by atoms with van der Waals surface area (Å²) in [7, 11) is 2.17. The minimum Gasteiger partial charge on any atom is -0.312 e. The van der Waals surface area contributed by atoms with Crippen LogP contribution in [-0.2, 0) is 0 Å². The summed E-state index contributed by atoms with van der Waals surface area (Å²) in [6.07, 6.45) is 3.43. The summed E-state index contributed by atoms with van der Waals surface area (Å²) in [5.41, 5.74) is 5.10. The van der Waals surface area contributed by atoms with Gasteiger partial charge >= 0.3 is 0 Å². The van der Waals surface area contributed by atoms with Gasteiger partial charge < -0.3 is 10.2 Å². The molecule has 0 aliphatic carbocycles. The van der Waals surface area contributed by atoms with Crippen LogP contribution in [0.1, 0.15) is 23.6 Å². The van der Waals surface area contributed by atoms with E-state index in [1.165, 1.54) is 22.2 Å². The molecule has 104 valence electrons. The number of aromatic amines is 1. The standard InChI is InChI=1S/C16H20N4/c1-20-9-12(10-20)13-5-2-6-14-15(18-19-16(13)14)11-4-3-7-17-8-11/h2,4-6,12,17H,3,7-10H2,1H3,(H,18,19). The second kappa shape index (κ2) is 4.72. The molecule has 0 spiro atoms. The molecule has 0 saturated carbocycles. The number of H-pyrrole nitrogens is 1. The third-order valence-corrected chi connectivity index (χ3v) is 4.47. The quantitative estimate of drug-likeness (QED) is 0.875. The molecule has 0 atom stereocenters. The van der Waals surface area contributed by atoms with E-state index in [-0.39, 0.29) is 0 Å². The summed E-state index contributed by atoms with van der Waals surface area (Å²) in [6, 6.07) is 6.60. The Labute approximate surface area is 118 Å². The Bertz CT molecular complexity index is 664. The number of nitrogens with one attached hydrogen (secondary N) is 2. The van der Waals surface area contributed by atoms with Crippen molar-refractivity contribution in [3.8, 4) is 0 Å². The average molecular weight is 268 g/mol. The van der Waals surface area contributed by atoms with Crippen molar-refractivity contribution in [3.05, 3.63) is 35.5 Å². The summed E-state index contributed by atoms with van der Waals surface area (Å²) in [4.78, 5) is 2.35. The Balaban J connectivity index is 1.77. The predicted molar refractivity (Wildman–Crippen MR) is 81.8 cm³/mol. The van der Waals surface area contributed by atoms with Gasteiger partial charge in [-0.1, -0.05) is 24.3 Å². The summed E-state index contributed by atoms with van der Waals surface area (Å²) in [5.74, 6) is 0.637. The Morgan fingerprint density at radius 3 is 2.95 bits per heavy atom. The zero-order valence-electron chi connectivity index (χ0n) is 11.8. The largest absolute Gasteiger partial charge is 0.312 e. The van der Waals surface area contributed by atoms with Crippen LogP contribution in [0.15, 0.2) is 24.3 Å². The van der Waals surface area contributed by atoms with Crippen molar-refractivity contribution < 1.29 is 0 Å². The fourth-order valence-electron chi connectivity index (χ4n) is 3.36. The summed E-state index contributed by atoms with van der Waals surface area (Å²) in [6.45, 7) is 4.31. The number of rotatable bonds is 2. The lowest BCUT2D eigenvalue weighted by Gasteiger charge is -2.36. The van der Waals surface area contributed by atoms with Crippen LogP contribution in [0, 0.1) is 0 Å². The minimum atomic E-state index is 0.637. The van der Waals surface area contributed by atoms with Crippen molar-refractivity contribution in [3.63, 3.8) is 0 Å². The third-order valence-electron chi connectivity index (χ3n) is 4.47. The van der Waals surface area contributed by atoms with Gasteiger partial charge in [0.05, 0.1) is 11.2 Å². The summed E-state index contributed by atoms with van der Waals surface area (Å²) in [5, 5.41) is 12.6. The number of benzene rings is 1. The van der Waals surface area contributed by atoms with Crippen LogP contribution in [0.2, 0.25) is 0 Å². The van der Waals surface area contributed by atoms with Crippen molar-refractivity contribution in [2.45, 2.75) is 12.3 Å². The summed E-state index contributed by atoms with van der Waals surface area (Å²) >= 11 is 0. The number of hydrogen-bond donors (Lipinski definition) is 2. The fourth-order valence-corrected chi connectivity index (χ4v) is 3.36. The molecule has 0 amide bonds. The molecule has 2 aromatic rings. The van der Waals surface area contributed by atoms with E-state index in [1.54, 1.807) is 0 Å². The zero-order chi connectivity index (χ0) is 13.5. The molecule has 2 aliphatic rings. The lowest BCUT2D eigenvalue weighted by atomic mass is 9.90. The molecule has 1 fully saturated rings. The monoisotopic (exact) mass is 268 g/mol. The van der Waals surface area contributed by atoms with Crippen molar-refractivity contribution in [2.75, 3.05) is 33.2 Å². The van der Waals surface area contributed by atoms with Crippen LogP contribution in [-0.4, -0.2) is 48.3 Å². The third kappa shape index (κ3) is 1.87. The molecule has 0 unspecified atom stereocenters. The first kappa shape index (κ1) is 12.1. The Morgan fingerprint density at radius 1 is 1.30 bits per heavy atom. The van der Waals surface area contributed by atoms with E-state index in [0.717, 1.165) is 38.1 Å². The molecule has 1 aromatic carbocycles. The SMILES string of the molecule is CN1CC(c2cccc3c(C4=CCCNC4)[nH]nc23)C1. The first-order valence-corrected chi connectivity index (χ1v) is 7.38. The van der Waals surface area contributed by atoms with Crippen LogP contribution in [0.25, 0.3) is 16.5 Å². The van der Waals surface area contributed by atoms with Gasteiger partial charge in [-0.25, -0.2) is 0 Å². The van der Waals surface area contributed by atoms with Crippen LogP contribution in [0.5, 0.6) is 0 Å². The van der Waals surface area contributed by atoms with Gasteiger partial charge in [0.25, 0.3) is 0 Å². The lowest BCUT2D eigenvalue weighted by Crippen LogP contribution is -2.41. The molecular formula is C16H20N4. The highest BCUT2D eigenvalue weighted by Gasteiger charge is 2.27. The highest BCUT2D eigenvalue weighted by Crippen LogP contribution is 2.33. The number of para-hydroxylation sites is 1. The van der Waals surface area contributed by atoms with E-state index >= 15 is 0 Å². The second-order valence-corrected chi connectivity index (χ2v) is 5.95. The number of hydrogen-bond acceptors (Lipinski definition) is 3.